The fourth-order valence-corrected chi connectivity index (χ4v) is 11.3. The molecule has 0 aliphatic heterocycles. The SMILES string of the molecule is COc1ccc2c(N(c3ccc(C)cc3)c3ccc(/C=C/c4ccc(C)cc4)cc3)cc(OC)c3c4c(OC)cc(N(c5ccc(/C=C/c6ccc(C)cc6)cc5)c5ccc(/C=C/c6ccc(C)cc6)cc5)c5ccc(OC)c(c1c23)c54. The van der Waals surface area contributed by atoms with Crippen LogP contribution in [0.2, 0.25) is 0 Å². The zero-order valence-electron chi connectivity index (χ0n) is 47.6. The molecular formula is C76H64N2O4. The monoisotopic (exact) mass is 1070 g/mol. The molecule has 0 heterocycles. The Morgan fingerprint density at radius 2 is 0.463 bits per heavy atom. The van der Waals surface area contributed by atoms with Crippen LogP contribution in [-0.4, -0.2) is 28.4 Å². The maximum atomic E-state index is 6.68. The molecule has 0 aliphatic carbocycles. The van der Waals surface area contributed by atoms with E-state index in [0.29, 0.717) is 23.0 Å². The van der Waals surface area contributed by atoms with E-state index in [-0.39, 0.29) is 0 Å². The Morgan fingerprint density at radius 1 is 0.244 bits per heavy atom. The molecule has 12 aromatic rings. The van der Waals surface area contributed by atoms with E-state index in [2.05, 4.69) is 280 Å². The molecule has 6 nitrogen and oxygen atoms in total. The third-order valence-electron chi connectivity index (χ3n) is 15.7. The van der Waals surface area contributed by atoms with Crippen molar-refractivity contribution >= 4 is 114 Å². The maximum Gasteiger partial charge on any atom is 0.129 e. The zero-order chi connectivity index (χ0) is 56.4. The van der Waals surface area contributed by atoms with Gasteiger partial charge in [0.05, 0.1) is 39.8 Å². The van der Waals surface area contributed by atoms with Gasteiger partial charge < -0.3 is 28.7 Å². The molecule has 12 rings (SSSR count). The van der Waals surface area contributed by atoms with E-state index in [9.17, 15) is 0 Å². The molecule has 0 saturated heterocycles. The molecule has 12 aromatic carbocycles. The number of benzene rings is 12. The maximum absolute atomic E-state index is 6.68. The molecule has 82 heavy (non-hydrogen) atoms. The second-order valence-corrected chi connectivity index (χ2v) is 21.1. The predicted molar refractivity (Wildman–Crippen MR) is 348 cm³/mol. The molecule has 0 fully saturated rings. The molecular weight excluding hydrogens is 1000 g/mol. The standard InChI is InChI=1S/C76H64N2O4/c1-49-9-17-53(18-10-49)23-26-56-29-37-60(38-30-56)77(59-35-15-52(4)16-36-59)65-47-69(81-7)75-71-63(65)43-45-67(79-5)73(71)74-68(80-6)46-44-64-66(48-70(82-8)76(75)72(64)74)78(61-39-31-57(32-40-61)27-24-54-19-11-50(2)12-20-54)62-41-33-58(34-42-62)28-25-55-21-13-51(3)14-22-55/h9-48H,1-8H3/b26-23+,27-24+,28-25+. The Bertz CT molecular complexity index is 4230. The van der Waals surface area contributed by atoms with E-state index in [4.69, 9.17) is 18.9 Å². The summed E-state index contributed by atoms with van der Waals surface area (Å²) in [5.41, 5.74) is 17.5. The minimum absolute atomic E-state index is 0.683. The summed E-state index contributed by atoms with van der Waals surface area (Å²) in [6.45, 7) is 8.45. The van der Waals surface area contributed by atoms with E-state index in [0.717, 1.165) is 111 Å². The molecule has 0 unspecified atom stereocenters. The van der Waals surface area contributed by atoms with Gasteiger partial charge >= 0.3 is 0 Å². The lowest BCUT2D eigenvalue weighted by molar-refractivity contribution is 0.415. The molecule has 402 valence electrons. The normalized spacial score (nSPS) is 11.8. The number of nitrogens with zero attached hydrogens (tertiary/aromatic N) is 2. The first-order chi connectivity index (χ1) is 40.1. The van der Waals surface area contributed by atoms with Crippen molar-refractivity contribution in [1.29, 1.82) is 0 Å². The lowest BCUT2D eigenvalue weighted by atomic mass is 9.86. The van der Waals surface area contributed by atoms with Gasteiger partial charge in [0.25, 0.3) is 0 Å². The van der Waals surface area contributed by atoms with Crippen molar-refractivity contribution in [3.8, 4) is 23.0 Å². The van der Waals surface area contributed by atoms with Crippen LogP contribution in [0.25, 0.3) is 79.5 Å². The summed E-state index contributed by atoms with van der Waals surface area (Å²) in [7, 11) is 7.00. The average molecular weight is 1070 g/mol. The van der Waals surface area contributed by atoms with Gasteiger partial charge in [-0.3, -0.25) is 0 Å². The minimum atomic E-state index is 0.683. The van der Waals surface area contributed by atoms with Crippen molar-refractivity contribution in [2.45, 2.75) is 27.7 Å². The van der Waals surface area contributed by atoms with Gasteiger partial charge in [-0.05, 0) is 134 Å². The van der Waals surface area contributed by atoms with Gasteiger partial charge in [0, 0.05) is 78.0 Å². The first kappa shape index (κ1) is 52.6. The summed E-state index contributed by atoms with van der Waals surface area (Å²) in [4.78, 5) is 4.65. The van der Waals surface area contributed by atoms with Crippen LogP contribution in [0.3, 0.4) is 0 Å². The van der Waals surface area contributed by atoms with Gasteiger partial charge in [-0.1, -0.05) is 180 Å². The van der Waals surface area contributed by atoms with Crippen LogP contribution in [0, 0.1) is 27.7 Å². The first-order valence-electron chi connectivity index (χ1n) is 27.7. The van der Waals surface area contributed by atoms with Gasteiger partial charge in [0.1, 0.15) is 23.0 Å². The summed E-state index contributed by atoms with van der Waals surface area (Å²) in [6.07, 6.45) is 13.0. The molecule has 0 saturated carbocycles. The average Bonchev–Trinajstić information content (AvgIpc) is 1.57. The molecule has 0 spiro atoms. The molecule has 6 heteroatoms. The summed E-state index contributed by atoms with van der Waals surface area (Å²) in [6, 6.07) is 73.6. The molecule has 0 N–H and O–H groups in total. The van der Waals surface area contributed by atoms with Gasteiger partial charge in [-0.2, -0.15) is 0 Å². The summed E-state index contributed by atoms with van der Waals surface area (Å²) < 4.78 is 26.2. The van der Waals surface area contributed by atoms with Crippen LogP contribution in [0.5, 0.6) is 23.0 Å². The molecule has 0 radical (unpaired) electrons. The molecule has 0 aromatic heterocycles. The molecule has 0 bridgehead atoms. The Morgan fingerprint density at radius 3 is 0.720 bits per heavy atom. The Hall–Kier alpha value is -10.0. The van der Waals surface area contributed by atoms with Crippen LogP contribution in [0.1, 0.15) is 55.6 Å². The molecule has 0 amide bonds. The van der Waals surface area contributed by atoms with Gasteiger partial charge in [0.15, 0.2) is 0 Å². The van der Waals surface area contributed by atoms with Crippen molar-refractivity contribution in [2.75, 3.05) is 38.2 Å². The zero-order valence-corrected chi connectivity index (χ0v) is 47.6. The number of fused-ring (bicyclic) bond motifs is 2. The third kappa shape index (κ3) is 10.2. The molecule has 0 aliphatic rings. The van der Waals surface area contributed by atoms with E-state index in [1.165, 1.54) is 22.3 Å². The Balaban J connectivity index is 1.07. The largest absolute Gasteiger partial charge is 0.496 e. The van der Waals surface area contributed by atoms with Gasteiger partial charge in [-0.25, -0.2) is 0 Å². The van der Waals surface area contributed by atoms with Crippen molar-refractivity contribution in [2.24, 2.45) is 0 Å². The number of hydrogen-bond donors (Lipinski definition) is 0. The van der Waals surface area contributed by atoms with E-state index >= 15 is 0 Å². The van der Waals surface area contributed by atoms with Gasteiger partial charge in [-0.15, -0.1) is 0 Å². The second-order valence-electron chi connectivity index (χ2n) is 21.1. The lowest BCUT2D eigenvalue weighted by Crippen LogP contribution is -2.12. The van der Waals surface area contributed by atoms with Crippen LogP contribution in [0.15, 0.2) is 206 Å². The highest BCUT2D eigenvalue weighted by Gasteiger charge is 2.30. The van der Waals surface area contributed by atoms with E-state index in [1.54, 1.807) is 28.4 Å². The highest BCUT2D eigenvalue weighted by molar-refractivity contribution is 6.40. The summed E-state index contributed by atoms with van der Waals surface area (Å²) >= 11 is 0. The predicted octanol–water partition coefficient (Wildman–Crippen LogP) is 20.5. The third-order valence-corrected chi connectivity index (χ3v) is 15.7. The first-order valence-corrected chi connectivity index (χ1v) is 27.7. The number of methoxy groups -OCH3 is 4. The van der Waals surface area contributed by atoms with Crippen LogP contribution in [0.4, 0.5) is 34.1 Å². The quantitative estimate of drug-likeness (QED) is 0.0546. The summed E-state index contributed by atoms with van der Waals surface area (Å²) in [5, 5.41) is 7.55. The topological polar surface area (TPSA) is 43.4 Å². The second kappa shape index (κ2) is 22.6. The highest BCUT2D eigenvalue weighted by Crippen LogP contribution is 2.57. The van der Waals surface area contributed by atoms with Crippen molar-refractivity contribution in [1.82, 2.24) is 0 Å². The van der Waals surface area contributed by atoms with Crippen molar-refractivity contribution < 1.29 is 18.9 Å². The van der Waals surface area contributed by atoms with Crippen LogP contribution in [-0.2, 0) is 0 Å². The Labute approximate surface area is 481 Å². The van der Waals surface area contributed by atoms with Crippen molar-refractivity contribution in [3.63, 3.8) is 0 Å². The fourth-order valence-electron chi connectivity index (χ4n) is 11.3. The number of aryl methyl sites for hydroxylation is 4. The van der Waals surface area contributed by atoms with E-state index in [1.807, 2.05) is 0 Å². The summed E-state index contributed by atoms with van der Waals surface area (Å²) in [5.74, 6) is 2.79. The lowest BCUT2D eigenvalue weighted by Gasteiger charge is -2.31. The number of anilines is 6. The minimum Gasteiger partial charge on any atom is -0.496 e. The van der Waals surface area contributed by atoms with Crippen LogP contribution >= 0.6 is 0 Å². The van der Waals surface area contributed by atoms with E-state index < -0.39 is 0 Å². The molecule has 0 atom stereocenters. The van der Waals surface area contributed by atoms with Crippen LogP contribution < -0.4 is 28.7 Å². The van der Waals surface area contributed by atoms with Crippen molar-refractivity contribution in [3.05, 3.63) is 262 Å². The number of hydrogen-bond acceptors (Lipinski definition) is 6. The smallest absolute Gasteiger partial charge is 0.129 e. The number of rotatable bonds is 16. The Kier molecular flexibility index (Phi) is 14.5. The fraction of sp³-hybridized carbons (Fsp3) is 0.105. The number of ether oxygens (including phenoxy) is 4. The van der Waals surface area contributed by atoms with Gasteiger partial charge in [0.2, 0.25) is 0 Å². The highest BCUT2D eigenvalue weighted by atomic mass is 16.5.